The van der Waals surface area contributed by atoms with Gasteiger partial charge in [-0.3, -0.25) is 4.79 Å². The van der Waals surface area contributed by atoms with Gasteiger partial charge < -0.3 is 4.74 Å². The van der Waals surface area contributed by atoms with E-state index in [1.807, 2.05) is 32.1 Å². The third kappa shape index (κ3) is 4.15. The van der Waals surface area contributed by atoms with Crippen molar-refractivity contribution in [1.82, 2.24) is 0 Å². The molecule has 0 heterocycles. The number of allylic oxidation sites excluding steroid dienone is 4. The lowest BCUT2D eigenvalue weighted by molar-refractivity contribution is -0.142. The Labute approximate surface area is 92.3 Å². The first kappa shape index (κ1) is 13.7. The second-order valence-electron chi connectivity index (χ2n) is 3.85. The molecule has 0 unspecified atom stereocenters. The van der Waals surface area contributed by atoms with Crippen LogP contribution in [0.3, 0.4) is 0 Å². The van der Waals surface area contributed by atoms with Crippen LogP contribution < -0.4 is 0 Å². The van der Waals surface area contributed by atoms with Crippen molar-refractivity contribution in [3.63, 3.8) is 0 Å². The lowest BCUT2D eigenvalue weighted by Crippen LogP contribution is -2.23. The smallest absolute Gasteiger partial charge is 0.305 e. The summed E-state index contributed by atoms with van der Waals surface area (Å²) in [5, 5.41) is 0. The highest BCUT2D eigenvalue weighted by molar-refractivity contribution is 5.69. The Bertz CT molecular complexity index is 266. The maximum absolute atomic E-state index is 11.2. The lowest BCUT2D eigenvalue weighted by Gasteiger charge is -2.28. The summed E-state index contributed by atoms with van der Waals surface area (Å²) in [7, 11) is 1.40. The summed E-state index contributed by atoms with van der Waals surface area (Å²) in [5.74, 6) is -0.0405. The first-order valence-electron chi connectivity index (χ1n) is 5.00. The Balaban J connectivity index is 4.64. The van der Waals surface area contributed by atoms with Gasteiger partial charge in [-0.05, 0) is 5.92 Å². The fourth-order valence-corrected chi connectivity index (χ4v) is 1.26. The third-order valence-electron chi connectivity index (χ3n) is 2.79. The summed E-state index contributed by atoms with van der Waals surface area (Å²) in [6.07, 6.45) is 7.82. The van der Waals surface area contributed by atoms with E-state index in [0.717, 1.165) is 0 Å². The van der Waals surface area contributed by atoms with Gasteiger partial charge >= 0.3 is 5.97 Å². The van der Waals surface area contributed by atoms with Crippen LogP contribution >= 0.6 is 0 Å². The number of carbonyl (C=O) groups is 1. The van der Waals surface area contributed by atoms with Gasteiger partial charge in [0.1, 0.15) is 0 Å². The molecule has 0 spiro atoms. The van der Waals surface area contributed by atoms with Gasteiger partial charge in [0.05, 0.1) is 7.11 Å². The van der Waals surface area contributed by atoms with Gasteiger partial charge in [-0.2, -0.15) is 0 Å². The van der Waals surface area contributed by atoms with Gasteiger partial charge in [-0.25, -0.2) is 0 Å². The van der Waals surface area contributed by atoms with Crippen LogP contribution in [0.4, 0.5) is 0 Å². The largest absolute Gasteiger partial charge is 0.469 e. The molecular formula is C13H20O2. The Kier molecular flexibility index (Phi) is 5.68. The van der Waals surface area contributed by atoms with Crippen LogP contribution in [0.25, 0.3) is 0 Å². The molecule has 0 aromatic heterocycles. The van der Waals surface area contributed by atoms with Crippen molar-refractivity contribution in [2.75, 3.05) is 7.11 Å². The highest BCUT2D eigenvalue weighted by Gasteiger charge is 2.26. The SMILES string of the molecule is C=C/C=C/[C@@](C)(C=C)[C@@H](C)CC(=O)OC. The fourth-order valence-electron chi connectivity index (χ4n) is 1.26. The average Bonchev–Trinajstić information content (AvgIpc) is 2.25. The normalized spacial score (nSPS) is 16.7. The molecular weight excluding hydrogens is 188 g/mol. The van der Waals surface area contributed by atoms with Crippen molar-refractivity contribution < 1.29 is 9.53 Å². The van der Waals surface area contributed by atoms with Crippen molar-refractivity contribution >= 4 is 5.97 Å². The molecule has 0 aliphatic heterocycles. The molecule has 0 rings (SSSR count). The molecule has 0 aromatic carbocycles. The van der Waals surface area contributed by atoms with Crippen molar-refractivity contribution in [2.45, 2.75) is 20.3 Å². The Morgan fingerprint density at radius 1 is 1.53 bits per heavy atom. The van der Waals surface area contributed by atoms with Crippen LogP contribution in [0.1, 0.15) is 20.3 Å². The maximum Gasteiger partial charge on any atom is 0.305 e. The summed E-state index contributed by atoms with van der Waals surface area (Å²) in [6.45, 7) is 11.5. The zero-order valence-electron chi connectivity index (χ0n) is 9.82. The Morgan fingerprint density at radius 3 is 2.53 bits per heavy atom. The van der Waals surface area contributed by atoms with E-state index in [2.05, 4.69) is 17.9 Å². The topological polar surface area (TPSA) is 26.3 Å². The van der Waals surface area contributed by atoms with Crippen molar-refractivity contribution in [1.29, 1.82) is 0 Å². The molecule has 0 saturated carbocycles. The molecule has 0 radical (unpaired) electrons. The fraction of sp³-hybridized carbons (Fsp3) is 0.462. The highest BCUT2D eigenvalue weighted by atomic mass is 16.5. The molecule has 0 saturated heterocycles. The standard InChI is InChI=1S/C13H20O2/c1-6-8-9-13(4,7-2)11(3)10-12(14)15-5/h6-9,11H,1-2,10H2,3-5H3/b9-8+/t11-,13+/m0/s1. The summed E-state index contributed by atoms with van der Waals surface area (Å²) in [5.41, 5.74) is -0.206. The number of hydrogen-bond acceptors (Lipinski definition) is 2. The van der Waals surface area contributed by atoms with Gasteiger partial charge in [0.25, 0.3) is 0 Å². The Morgan fingerprint density at radius 2 is 2.13 bits per heavy atom. The molecule has 0 aromatic rings. The van der Waals surface area contributed by atoms with E-state index in [9.17, 15) is 4.79 Å². The van der Waals surface area contributed by atoms with Gasteiger partial charge in [0.15, 0.2) is 0 Å². The first-order valence-corrected chi connectivity index (χ1v) is 5.00. The summed E-state index contributed by atoms with van der Waals surface area (Å²) < 4.78 is 4.65. The zero-order valence-corrected chi connectivity index (χ0v) is 9.82. The molecule has 0 N–H and O–H groups in total. The number of carbonyl (C=O) groups excluding carboxylic acids is 1. The monoisotopic (exact) mass is 208 g/mol. The van der Waals surface area contributed by atoms with E-state index in [0.29, 0.717) is 6.42 Å². The molecule has 0 amide bonds. The van der Waals surface area contributed by atoms with Gasteiger partial charge in [-0.1, -0.05) is 44.7 Å². The van der Waals surface area contributed by atoms with Gasteiger partial charge in [0, 0.05) is 11.8 Å². The van der Waals surface area contributed by atoms with E-state index >= 15 is 0 Å². The van der Waals surface area contributed by atoms with Crippen molar-refractivity contribution in [2.24, 2.45) is 11.3 Å². The van der Waals surface area contributed by atoms with Crippen LogP contribution in [-0.4, -0.2) is 13.1 Å². The van der Waals surface area contributed by atoms with Crippen molar-refractivity contribution in [3.8, 4) is 0 Å². The van der Waals surface area contributed by atoms with E-state index in [4.69, 9.17) is 0 Å². The minimum Gasteiger partial charge on any atom is -0.469 e. The molecule has 2 heteroatoms. The summed E-state index contributed by atoms with van der Waals surface area (Å²) in [4.78, 5) is 11.2. The first-order chi connectivity index (χ1) is 7.00. The number of rotatable bonds is 6. The molecule has 0 bridgehead atoms. The van der Waals surface area contributed by atoms with E-state index < -0.39 is 0 Å². The zero-order chi connectivity index (χ0) is 11.9. The van der Waals surface area contributed by atoms with Crippen LogP contribution in [0.2, 0.25) is 0 Å². The minimum absolute atomic E-state index is 0.152. The molecule has 15 heavy (non-hydrogen) atoms. The van der Waals surface area contributed by atoms with E-state index in [1.54, 1.807) is 6.08 Å². The van der Waals surface area contributed by atoms with Crippen molar-refractivity contribution in [3.05, 3.63) is 37.5 Å². The second-order valence-corrected chi connectivity index (χ2v) is 3.85. The quantitative estimate of drug-likeness (QED) is 0.381. The third-order valence-corrected chi connectivity index (χ3v) is 2.79. The summed E-state index contributed by atoms with van der Waals surface area (Å²) >= 11 is 0. The van der Waals surface area contributed by atoms with Crippen LogP contribution in [0.15, 0.2) is 37.5 Å². The average molecular weight is 208 g/mol. The number of hydrogen-bond donors (Lipinski definition) is 0. The van der Waals surface area contributed by atoms with Crippen LogP contribution in [0.5, 0.6) is 0 Å². The number of methoxy groups -OCH3 is 1. The predicted octanol–water partition coefficient (Wildman–Crippen LogP) is 3.12. The van der Waals surface area contributed by atoms with Gasteiger partial charge in [-0.15, -0.1) is 6.58 Å². The van der Waals surface area contributed by atoms with E-state index in [-0.39, 0.29) is 17.3 Å². The van der Waals surface area contributed by atoms with Crippen LogP contribution in [0, 0.1) is 11.3 Å². The number of esters is 1. The molecule has 0 aliphatic carbocycles. The molecule has 0 aliphatic rings. The number of ether oxygens (including phenoxy) is 1. The lowest BCUT2D eigenvalue weighted by atomic mass is 9.76. The van der Waals surface area contributed by atoms with Crippen LogP contribution in [-0.2, 0) is 9.53 Å². The van der Waals surface area contributed by atoms with E-state index in [1.165, 1.54) is 7.11 Å². The molecule has 84 valence electrons. The minimum atomic E-state index is -0.206. The van der Waals surface area contributed by atoms with Gasteiger partial charge in [0.2, 0.25) is 0 Å². The molecule has 2 nitrogen and oxygen atoms in total. The molecule has 0 fully saturated rings. The summed E-state index contributed by atoms with van der Waals surface area (Å²) in [6, 6.07) is 0. The highest BCUT2D eigenvalue weighted by Crippen LogP contribution is 2.32. The Hall–Kier alpha value is -1.31. The second kappa shape index (κ2) is 6.23. The predicted molar refractivity (Wildman–Crippen MR) is 63.4 cm³/mol. The molecule has 2 atom stereocenters. The maximum atomic E-state index is 11.2.